The Morgan fingerprint density at radius 1 is 0.912 bits per heavy atom. The van der Waals surface area contributed by atoms with Crippen LogP contribution >= 0.6 is 11.3 Å². The van der Waals surface area contributed by atoms with E-state index >= 15 is 0 Å². The molecule has 6 rings (SSSR count). The van der Waals surface area contributed by atoms with Crippen molar-refractivity contribution in [3.63, 3.8) is 0 Å². The monoisotopic (exact) mass is 468 g/mol. The zero-order valence-corrected chi connectivity index (χ0v) is 19.6. The molecule has 34 heavy (non-hydrogen) atoms. The van der Waals surface area contributed by atoms with Gasteiger partial charge >= 0.3 is 0 Å². The van der Waals surface area contributed by atoms with Crippen molar-refractivity contribution in [2.75, 3.05) is 19.5 Å². The quantitative estimate of drug-likeness (QED) is 0.408. The lowest BCUT2D eigenvalue weighted by atomic mass is 9.73. The van der Waals surface area contributed by atoms with E-state index in [1.54, 1.807) is 37.7 Å². The van der Waals surface area contributed by atoms with Gasteiger partial charge in [-0.25, -0.2) is 4.98 Å². The molecule has 2 heterocycles. The number of carbonyl (C=O) groups is 2. The lowest BCUT2D eigenvalue weighted by Crippen LogP contribution is -2.32. The summed E-state index contributed by atoms with van der Waals surface area (Å²) in [7, 11) is 3.16. The number of thiazole rings is 1. The Kier molecular flexibility index (Phi) is 4.57. The number of fused-ring (bicyclic) bond motifs is 5. The summed E-state index contributed by atoms with van der Waals surface area (Å²) in [5, 5.41) is 4.41. The summed E-state index contributed by atoms with van der Waals surface area (Å²) in [5.41, 5.74) is 5.65. The molecule has 0 spiro atoms. The molecule has 1 aromatic heterocycles. The number of rotatable bonds is 3. The molecular weight excluding hydrogens is 448 g/mol. The van der Waals surface area contributed by atoms with E-state index in [1.807, 2.05) is 49.4 Å². The Bertz CT molecular complexity index is 1570. The Hall–Kier alpha value is -3.97. The van der Waals surface area contributed by atoms with Gasteiger partial charge in [0.25, 0.3) is 0 Å². The standard InChI is InChI=1S/C27H20N2O4S/c1-13-28-25-20(34-13)11-9-17-22(25)21(14-8-10-18(32-2)19(12-14)33-3)23-24(29-17)15-6-4-5-7-16(15)26(30)27(23)31/h4-12,21,29H,1-3H3. The summed E-state index contributed by atoms with van der Waals surface area (Å²) >= 11 is 1.60. The van der Waals surface area contributed by atoms with Gasteiger partial charge in [-0.2, -0.15) is 0 Å². The second-order valence-corrected chi connectivity index (χ2v) is 9.51. The topological polar surface area (TPSA) is 77.5 Å². The van der Waals surface area contributed by atoms with Crippen molar-refractivity contribution in [3.8, 4) is 11.5 Å². The molecule has 0 amide bonds. The Labute approximate surface area is 199 Å². The summed E-state index contributed by atoms with van der Waals surface area (Å²) in [5.74, 6) is -0.351. The molecule has 1 atom stereocenters. The number of carbonyl (C=O) groups excluding carboxylic acids is 2. The molecule has 1 N–H and O–H groups in total. The molecule has 7 heteroatoms. The normalized spacial score (nSPS) is 16.6. The van der Waals surface area contributed by atoms with Crippen LogP contribution in [0.5, 0.6) is 11.5 Å². The summed E-state index contributed by atoms with van der Waals surface area (Å²) < 4.78 is 12.0. The van der Waals surface area contributed by atoms with E-state index in [9.17, 15) is 9.59 Å². The van der Waals surface area contributed by atoms with E-state index in [0.29, 0.717) is 28.3 Å². The summed E-state index contributed by atoms with van der Waals surface area (Å²) in [6.07, 6.45) is 0. The molecule has 2 aliphatic rings. The minimum absolute atomic E-state index is 0.416. The van der Waals surface area contributed by atoms with Gasteiger partial charge in [0.2, 0.25) is 11.6 Å². The number of nitrogens with zero attached hydrogens (tertiary/aromatic N) is 1. The molecule has 4 aromatic rings. The Morgan fingerprint density at radius 2 is 1.68 bits per heavy atom. The van der Waals surface area contributed by atoms with Crippen molar-refractivity contribution in [2.24, 2.45) is 0 Å². The Morgan fingerprint density at radius 3 is 2.44 bits per heavy atom. The second kappa shape index (κ2) is 7.53. The van der Waals surface area contributed by atoms with Crippen LogP contribution in [0.4, 0.5) is 5.69 Å². The fourth-order valence-corrected chi connectivity index (χ4v) is 5.83. The highest BCUT2D eigenvalue weighted by atomic mass is 32.1. The molecule has 1 aliphatic heterocycles. The number of nitrogens with one attached hydrogen (secondary N) is 1. The first kappa shape index (κ1) is 20.6. The minimum Gasteiger partial charge on any atom is -0.493 e. The van der Waals surface area contributed by atoms with E-state index in [0.717, 1.165) is 37.6 Å². The van der Waals surface area contributed by atoms with Gasteiger partial charge in [0.1, 0.15) is 0 Å². The van der Waals surface area contributed by atoms with Crippen LogP contribution in [0.2, 0.25) is 0 Å². The van der Waals surface area contributed by atoms with Crippen LogP contribution in [-0.2, 0) is 4.79 Å². The average molecular weight is 469 g/mol. The molecule has 168 valence electrons. The van der Waals surface area contributed by atoms with Crippen molar-refractivity contribution < 1.29 is 19.1 Å². The molecule has 6 nitrogen and oxygen atoms in total. The van der Waals surface area contributed by atoms with Crippen LogP contribution in [0.15, 0.2) is 60.2 Å². The maximum absolute atomic E-state index is 13.6. The molecule has 0 saturated carbocycles. The summed E-state index contributed by atoms with van der Waals surface area (Å²) in [6, 6.07) is 16.9. The van der Waals surface area contributed by atoms with Crippen molar-refractivity contribution >= 4 is 44.5 Å². The smallest absolute Gasteiger partial charge is 0.233 e. The van der Waals surface area contributed by atoms with Crippen LogP contribution < -0.4 is 14.8 Å². The largest absolute Gasteiger partial charge is 0.493 e. The lowest BCUT2D eigenvalue weighted by molar-refractivity contribution is -0.112. The third-order valence-corrected chi connectivity index (χ3v) is 7.38. The van der Waals surface area contributed by atoms with E-state index in [1.165, 1.54) is 0 Å². The number of allylic oxidation sites excluding steroid dienone is 1. The third-order valence-electron chi connectivity index (χ3n) is 6.45. The highest BCUT2D eigenvalue weighted by Gasteiger charge is 2.42. The van der Waals surface area contributed by atoms with Crippen LogP contribution in [0.25, 0.3) is 15.9 Å². The predicted octanol–water partition coefficient (Wildman–Crippen LogP) is 5.36. The number of anilines is 1. The zero-order chi connectivity index (χ0) is 23.6. The van der Waals surface area contributed by atoms with E-state index in [2.05, 4.69) is 5.32 Å². The molecule has 0 bridgehead atoms. The van der Waals surface area contributed by atoms with Gasteiger partial charge in [0.15, 0.2) is 11.5 Å². The number of ether oxygens (including phenoxy) is 2. The molecule has 0 fully saturated rings. The highest BCUT2D eigenvalue weighted by molar-refractivity contribution is 7.18. The fourth-order valence-electron chi connectivity index (χ4n) is 4.98. The molecule has 0 radical (unpaired) electrons. The molecule has 3 aromatic carbocycles. The van der Waals surface area contributed by atoms with Gasteiger partial charge < -0.3 is 14.8 Å². The first-order chi connectivity index (χ1) is 16.5. The zero-order valence-electron chi connectivity index (χ0n) is 18.8. The van der Waals surface area contributed by atoms with Crippen molar-refractivity contribution in [1.29, 1.82) is 0 Å². The number of benzene rings is 3. The van der Waals surface area contributed by atoms with Gasteiger partial charge in [-0.3, -0.25) is 9.59 Å². The molecule has 0 saturated heterocycles. The van der Waals surface area contributed by atoms with Crippen LogP contribution in [0.3, 0.4) is 0 Å². The molecule has 1 unspecified atom stereocenters. The first-order valence-electron chi connectivity index (χ1n) is 10.8. The first-order valence-corrected chi connectivity index (χ1v) is 11.6. The van der Waals surface area contributed by atoms with E-state index < -0.39 is 17.5 Å². The summed E-state index contributed by atoms with van der Waals surface area (Å²) in [4.78, 5) is 31.6. The number of ketones is 2. The van der Waals surface area contributed by atoms with Crippen LogP contribution in [0.1, 0.15) is 38.0 Å². The van der Waals surface area contributed by atoms with Crippen LogP contribution in [0, 0.1) is 6.92 Å². The minimum atomic E-state index is -0.504. The number of hydrogen-bond acceptors (Lipinski definition) is 7. The number of methoxy groups -OCH3 is 2. The number of hydrogen-bond donors (Lipinski definition) is 1. The average Bonchev–Trinajstić information content (AvgIpc) is 3.26. The van der Waals surface area contributed by atoms with E-state index in [-0.39, 0.29) is 0 Å². The number of Topliss-reactive ketones (excluding diaryl/α,β-unsaturated/α-hetero) is 2. The third kappa shape index (κ3) is 2.83. The second-order valence-electron chi connectivity index (χ2n) is 8.27. The van der Waals surface area contributed by atoms with Gasteiger partial charge in [0.05, 0.1) is 35.1 Å². The van der Waals surface area contributed by atoms with Crippen molar-refractivity contribution in [3.05, 3.63) is 87.4 Å². The number of aryl methyl sites for hydroxylation is 1. The summed E-state index contributed by atoms with van der Waals surface area (Å²) in [6.45, 7) is 1.97. The SMILES string of the molecule is COc1ccc(C2C3=C(Nc4ccc5sc(C)nc5c42)c2ccccc2C(=O)C3=O)cc1OC. The maximum Gasteiger partial charge on any atom is 0.233 e. The van der Waals surface area contributed by atoms with Gasteiger partial charge in [0, 0.05) is 33.9 Å². The number of aromatic nitrogens is 1. The molecular formula is C27H20N2O4S. The highest BCUT2D eigenvalue weighted by Crippen LogP contribution is 2.50. The van der Waals surface area contributed by atoms with Crippen molar-refractivity contribution in [1.82, 2.24) is 4.98 Å². The fraction of sp³-hybridized carbons (Fsp3) is 0.148. The maximum atomic E-state index is 13.6. The van der Waals surface area contributed by atoms with Gasteiger partial charge in [-0.05, 0) is 36.8 Å². The van der Waals surface area contributed by atoms with Crippen molar-refractivity contribution in [2.45, 2.75) is 12.8 Å². The van der Waals surface area contributed by atoms with E-state index in [4.69, 9.17) is 14.5 Å². The van der Waals surface area contributed by atoms with Crippen LogP contribution in [-0.4, -0.2) is 30.8 Å². The van der Waals surface area contributed by atoms with Gasteiger partial charge in [-0.15, -0.1) is 11.3 Å². The Balaban J connectivity index is 1.70. The predicted molar refractivity (Wildman–Crippen MR) is 132 cm³/mol. The van der Waals surface area contributed by atoms with Gasteiger partial charge in [-0.1, -0.05) is 30.3 Å². The lowest BCUT2D eigenvalue weighted by Gasteiger charge is -2.34. The molecule has 1 aliphatic carbocycles.